The molecule has 1 N–H and O–H groups in total. The molecule has 1 atom stereocenters. The maximum absolute atomic E-state index is 12.7. The van der Waals surface area contributed by atoms with Crippen molar-refractivity contribution in [1.29, 1.82) is 0 Å². The summed E-state index contributed by atoms with van der Waals surface area (Å²) in [5.74, 6) is -0.225. The molecule has 0 heterocycles. The van der Waals surface area contributed by atoms with Crippen molar-refractivity contribution >= 4 is 11.9 Å². The van der Waals surface area contributed by atoms with Gasteiger partial charge in [-0.25, -0.2) is 4.79 Å². The first-order valence-electron chi connectivity index (χ1n) is 10.3. The molecule has 168 valence electrons. The first-order chi connectivity index (χ1) is 14.9. The Morgan fingerprint density at radius 2 is 1.74 bits per heavy atom. The van der Waals surface area contributed by atoms with Crippen LogP contribution in [0.1, 0.15) is 36.7 Å². The van der Waals surface area contributed by atoms with Crippen molar-refractivity contribution in [2.45, 2.75) is 39.3 Å². The fraction of sp³-hybridized carbons (Fsp3) is 0.417. The number of methoxy groups -OCH3 is 1. The average Bonchev–Trinajstić information content (AvgIpc) is 2.74. The highest BCUT2D eigenvalue weighted by Gasteiger charge is 2.21. The predicted octanol–water partition coefficient (Wildman–Crippen LogP) is 3.40. The number of hydrogen-bond donors (Lipinski definition) is 1. The van der Waals surface area contributed by atoms with Crippen LogP contribution in [0, 0.1) is 0 Å². The van der Waals surface area contributed by atoms with Crippen molar-refractivity contribution < 1.29 is 28.5 Å². The van der Waals surface area contributed by atoms with E-state index in [2.05, 4.69) is 5.32 Å². The Bertz CT molecular complexity index is 834. The van der Waals surface area contributed by atoms with E-state index in [0.717, 1.165) is 12.0 Å². The fourth-order valence-corrected chi connectivity index (χ4v) is 2.76. The summed E-state index contributed by atoms with van der Waals surface area (Å²) < 4.78 is 21.7. The first kappa shape index (κ1) is 24.4. The molecular weight excluding hydrogens is 398 g/mol. The SMILES string of the molecule is COCCc1ccc(OCC(CNC(C)C)OC(=O)c2ccccc2OC(C)=O)cc1. The molecule has 0 aromatic heterocycles. The molecule has 2 aromatic carbocycles. The van der Waals surface area contributed by atoms with Crippen LogP contribution in [-0.2, 0) is 20.7 Å². The third-order valence-electron chi connectivity index (χ3n) is 4.34. The minimum atomic E-state index is -0.578. The van der Waals surface area contributed by atoms with Gasteiger partial charge in [-0.3, -0.25) is 4.79 Å². The van der Waals surface area contributed by atoms with Gasteiger partial charge in [0.15, 0.2) is 0 Å². The lowest BCUT2D eigenvalue weighted by atomic mass is 10.1. The van der Waals surface area contributed by atoms with E-state index in [-0.39, 0.29) is 24.0 Å². The van der Waals surface area contributed by atoms with Gasteiger partial charge < -0.3 is 24.3 Å². The normalized spacial score (nSPS) is 11.8. The topological polar surface area (TPSA) is 83.1 Å². The maximum atomic E-state index is 12.7. The number of rotatable bonds is 12. The summed E-state index contributed by atoms with van der Waals surface area (Å²) in [6, 6.07) is 14.4. The van der Waals surface area contributed by atoms with Crippen LogP contribution < -0.4 is 14.8 Å². The molecule has 0 aliphatic heterocycles. The van der Waals surface area contributed by atoms with E-state index in [1.807, 2.05) is 38.1 Å². The number of carbonyl (C=O) groups is 2. The van der Waals surface area contributed by atoms with Crippen LogP contribution in [0.15, 0.2) is 48.5 Å². The number of esters is 2. The van der Waals surface area contributed by atoms with E-state index in [0.29, 0.717) is 18.9 Å². The Kier molecular flexibility index (Phi) is 10.00. The number of benzene rings is 2. The van der Waals surface area contributed by atoms with Crippen LogP contribution >= 0.6 is 0 Å². The van der Waals surface area contributed by atoms with Gasteiger partial charge in [-0.2, -0.15) is 0 Å². The maximum Gasteiger partial charge on any atom is 0.342 e. The molecule has 7 heteroatoms. The lowest BCUT2D eigenvalue weighted by molar-refractivity contribution is -0.131. The molecule has 0 amide bonds. The van der Waals surface area contributed by atoms with Gasteiger partial charge in [0, 0.05) is 26.6 Å². The molecule has 0 aliphatic rings. The highest BCUT2D eigenvalue weighted by atomic mass is 16.6. The Hall–Kier alpha value is -2.90. The molecule has 0 saturated carbocycles. The quantitative estimate of drug-likeness (QED) is 0.409. The standard InChI is InChI=1S/C24H31NO6/c1-17(2)25-15-21(16-29-20-11-9-19(10-12-20)13-14-28-4)31-24(27)22-7-5-6-8-23(22)30-18(3)26/h5-12,17,21,25H,13-16H2,1-4H3. The van der Waals surface area contributed by atoms with Gasteiger partial charge in [0.1, 0.15) is 29.8 Å². The summed E-state index contributed by atoms with van der Waals surface area (Å²) in [5.41, 5.74) is 1.34. The first-order valence-corrected chi connectivity index (χ1v) is 10.3. The van der Waals surface area contributed by atoms with Crippen LogP contribution in [0.2, 0.25) is 0 Å². The Labute approximate surface area is 183 Å². The van der Waals surface area contributed by atoms with Crippen molar-refractivity contribution in [3.8, 4) is 11.5 Å². The number of para-hydroxylation sites is 1. The van der Waals surface area contributed by atoms with Gasteiger partial charge >= 0.3 is 11.9 Å². The van der Waals surface area contributed by atoms with E-state index >= 15 is 0 Å². The Morgan fingerprint density at radius 1 is 1.03 bits per heavy atom. The zero-order valence-corrected chi connectivity index (χ0v) is 18.6. The lowest BCUT2D eigenvalue weighted by Gasteiger charge is -2.21. The molecule has 0 spiro atoms. The monoisotopic (exact) mass is 429 g/mol. The second-order valence-electron chi connectivity index (χ2n) is 7.38. The summed E-state index contributed by atoms with van der Waals surface area (Å²) in [5, 5.41) is 3.26. The van der Waals surface area contributed by atoms with Gasteiger partial charge in [0.2, 0.25) is 0 Å². The van der Waals surface area contributed by atoms with Crippen LogP contribution in [0.5, 0.6) is 11.5 Å². The van der Waals surface area contributed by atoms with E-state index in [1.165, 1.54) is 6.92 Å². The zero-order valence-electron chi connectivity index (χ0n) is 18.6. The van der Waals surface area contributed by atoms with E-state index in [4.69, 9.17) is 18.9 Å². The largest absolute Gasteiger partial charge is 0.490 e. The summed E-state index contributed by atoms with van der Waals surface area (Å²) >= 11 is 0. The van der Waals surface area contributed by atoms with Crippen molar-refractivity contribution in [2.75, 3.05) is 26.9 Å². The number of carbonyl (C=O) groups excluding carboxylic acids is 2. The van der Waals surface area contributed by atoms with E-state index in [9.17, 15) is 9.59 Å². The molecule has 31 heavy (non-hydrogen) atoms. The smallest absolute Gasteiger partial charge is 0.342 e. The molecule has 1 unspecified atom stereocenters. The van der Waals surface area contributed by atoms with Gasteiger partial charge in [-0.15, -0.1) is 0 Å². The number of hydrogen-bond acceptors (Lipinski definition) is 7. The minimum absolute atomic E-state index is 0.170. The molecule has 0 saturated heterocycles. The van der Waals surface area contributed by atoms with Gasteiger partial charge in [0.25, 0.3) is 0 Å². The summed E-state index contributed by atoms with van der Waals surface area (Å²) in [6.45, 7) is 6.56. The van der Waals surface area contributed by atoms with E-state index < -0.39 is 18.0 Å². The predicted molar refractivity (Wildman–Crippen MR) is 118 cm³/mol. The van der Waals surface area contributed by atoms with Gasteiger partial charge in [-0.05, 0) is 36.2 Å². The Balaban J connectivity index is 2.03. The number of ether oxygens (including phenoxy) is 4. The second-order valence-corrected chi connectivity index (χ2v) is 7.38. The van der Waals surface area contributed by atoms with Crippen molar-refractivity contribution in [2.24, 2.45) is 0 Å². The second kappa shape index (κ2) is 12.7. The van der Waals surface area contributed by atoms with Crippen molar-refractivity contribution in [3.05, 3.63) is 59.7 Å². The van der Waals surface area contributed by atoms with E-state index in [1.54, 1.807) is 31.4 Å². The molecule has 2 aromatic rings. The molecule has 0 radical (unpaired) electrons. The van der Waals surface area contributed by atoms with Crippen LogP contribution in [0.3, 0.4) is 0 Å². The fourth-order valence-electron chi connectivity index (χ4n) is 2.76. The van der Waals surface area contributed by atoms with Crippen LogP contribution in [0.25, 0.3) is 0 Å². The highest BCUT2D eigenvalue weighted by molar-refractivity contribution is 5.93. The zero-order chi connectivity index (χ0) is 22.6. The third kappa shape index (κ3) is 8.78. The molecule has 0 bridgehead atoms. The summed E-state index contributed by atoms with van der Waals surface area (Å²) in [4.78, 5) is 24.1. The summed E-state index contributed by atoms with van der Waals surface area (Å²) in [7, 11) is 1.68. The van der Waals surface area contributed by atoms with Crippen molar-refractivity contribution in [1.82, 2.24) is 5.32 Å². The van der Waals surface area contributed by atoms with Gasteiger partial charge in [0.05, 0.1) is 6.61 Å². The van der Waals surface area contributed by atoms with Gasteiger partial charge in [-0.1, -0.05) is 38.1 Å². The lowest BCUT2D eigenvalue weighted by Crippen LogP contribution is -2.38. The number of nitrogens with one attached hydrogen (secondary N) is 1. The van der Waals surface area contributed by atoms with Crippen LogP contribution in [0.4, 0.5) is 0 Å². The minimum Gasteiger partial charge on any atom is -0.490 e. The molecule has 0 fully saturated rings. The molecule has 0 aliphatic carbocycles. The highest BCUT2D eigenvalue weighted by Crippen LogP contribution is 2.20. The van der Waals surface area contributed by atoms with Crippen molar-refractivity contribution in [3.63, 3.8) is 0 Å². The average molecular weight is 430 g/mol. The molecule has 7 nitrogen and oxygen atoms in total. The third-order valence-corrected chi connectivity index (χ3v) is 4.34. The molecular formula is C24H31NO6. The summed E-state index contributed by atoms with van der Waals surface area (Å²) in [6.07, 6.45) is 0.297. The van der Waals surface area contributed by atoms with Crippen LogP contribution in [-0.4, -0.2) is 51.0 Å². The molecule has 2 rings (SSSR count). The Morgan fingerprint density at radius 3 is 2.39 bits per heavy atom.